The van der Waals surface area contributed by atoms with Crippen LogP contribution in [0.1, 0.15) is 50.7 Å². The van der Waals surface area contributed by atoms with Gasteiger partial charge in [0.25, 0.3) is 0 Å². The Hall–Kier alpha value is -2.14. The molecule has 0 aromatic heterocycles. The molecule has 28 heavy (non-hydrogen) atoms. The van der Waals surface area contributed by atoms with Crippen molar-refractivity contribution in [2.24, 2.45) is 0 Å². The highest BCUT2D eigenvalue weighted by Crippen LogP contribution is 2.18. The van der Waals surface area contributed by atoms with Crippen LogP contribution in [0.25, 0.3) is 6.08 Å². The molecule has 0 saturated carbocycles. The van der Waals surface area contributed by atoms with E-state index >= 15 is 0 Å². The summed E-state index contributed by atoms with van der Waals surface area (Å²) in [5.41, 5.74) is 2.20. The molecule has 0 radical (unpaired) electrons. The van der Waals surface area contributed by atoms with Crippen LogP contribution in [0.4, 0.5) is 0 Å². The number of rotatable bonds is 8. The maximum absolute atomic E-state index is 12.4. The SMILES string of the molecule is Cc1ccc(/C=C/C(=O)NCCCC(=O)N2CCC(N(C)C(C)C)CC2)cc1. The molecule has 0 bridgehead atoms. The van der Waals surface area contributed by atoms with Gasteiger partial charge in [-0.25, -0.2) is 0 Å². The molecule has 154 valence electrons. The van der Waals surface area contributed by atoms with E-state index in [1.807, 2.05) is 36.1 Å². The van der Waals surface area contributed by atoms with E-state index in [4.69, 9.17) is 0 Å². The molecular weight excluding hydrogens is 350 g/mol. The second-order valence-electron chi connectivity index (χ2n) is 8.01. The zero-order valence-electron chi connectivity index (χ0n) is 17.8. The largest absolute Gasteiger partial charge is 0.353 e. The molecular formula is C23H35N3O2. The van der Waals surface area contributed by atoms with Crippen LogP contribution in [0.5, 0.6) is 0 Å². The van der Waals surface area contributed by atoms with Crippen molar-refractivity contribution in [2.45, 2.75) is 58.5 Å². The van der Waals surface area contributed by atoms with Gasteiger partial charge in [-0.2, -0.15) is 0 Å². The van der Waals surface area contributed by atoms with Gasteiger partial charge in [-0.1, -0.05) is 29.8 Å². The van der Waals surface area contributed by atoms with Crippen LogP contribution in [0, 0.1) is 6.92 Å². The van der Waals surface area contributed by atoms with Crippen LogP contribution < -0.4 is 5.32 Å². The number of carbonyl (C=O) groups is 2. The summed E-state index contributed by atoms with van der Waals surface area (Å²) >= 11 is 0. The van der Waals surface area contributed by atoms with Crippen LogP contribution in [0.3, 0.4) is 0 Å². The van der Waals surface area contributed by atoms with Gasteiger partial charge in [-0.3, -0.25) is 9.59 Å². The highest BCUT2D eigenvalue weighted by molar-refractivity contribution is 5.91. The van der Waals surface area contributed by atoms with Gasteiger partial charge < -0.3 is 15.1 Å². The van der Waals surface area contributed by atoms with Crippen LogP contribution in [0.15, 0.2) is 30.3 Å². The molecule has 1 fully saturated rings. The fraction of sp³-hybridized carbons (Fsp3) is 0.565. The van der Waals surface area contributed by atoms with Crippen molar-refractivity contribution in [3.05, 3.63) is 41.5 Å². The van der Waals surface area contributed by atoms with Crippen molar-refractivity contribution < 1.29 is 9.59 Å². The Balaban J connectivity index is 1.62. The number of benzene rings is 1. The lowest BCUT2D eigenvalue weighted by atomic mass is 10.0. The third kappa shape index (κ3) is 7.12. The number of amides is 2. The Morgan fingerprint density at radius 3 is 2.46 bits per heavy atom. The highest BCUT2D eigenvalue weighted by Gasteiger charge is 2.25. The van der Waals surface area contributed by atoms with Crippen molar-refractivity contribution in [3.63, 3.8) is 0 Å². The molecule has 2 amide bonds. The molecule has 1 saturated heterocycles. The zero-order chi connectivity index (χ0) is 20.5. The molecule has 0 unspecified atom stereocenters. The lowest BCUT2D eigenvalue weighted by molar-refractivity contribution is -0.133. The van der Waals surface area contributed by atoms with E-state index in [1.165, 1.54) is 5.56 Å². The summed E-state index contributed by atoms with van der Waals surface area (Å²) in [4.78, 5) is 28.6. The number of aryl methyl sites for hydroxylation is 1. The number of hydrogen-bond acceptors (Lipinski definition) is 3. The number of likely N-dealkylation sites (tertiary alicyclic amines) is 1. The van der Waals surface area contributed by atoms with Gasteiger partial charge in [0.05, 0.1) is 0 Å². The quantitative estimate of drug-likeness (QED) is 0.552. The minimum absolute atomic E-state index is 0.120. The monoisotopic (exact) mass is 385 g/mol. The number of carbonyl (C=O) groups excluding carboxylic acids is 2. The van der Waals surface area contributed by atoms with Gasteiger partial charge in [0.15, 0.2) is 0 Å². The van der Waals surface area contributed by atoms with Crippen LogP contribution in [-0.4, -0.2) is 60.4 Å². The van der Waals surface area contributed by atoms with Crippen LogP contribution in [-0.2, 0) is 9.59 Å². The normalized spacial score (nSPS) is 15.6. The third-order valence-corrected chi connectivity index (χ3v) is 5.58. The third-order valence-electron chi connectivity index (χ3n) is 5.58. The zero-order valence-corrected chi connectivity index (χ0v) is 17.8. The van der Waals surface area contributed by atoms with Crippen LogP contribution >= 0.6 is 0 Å². The summed E-state index contributed by atoms with van der Waals surface area (Å²) in [6.07, 6.45) is 6.60. The summed E-state index contributed by atoms with van der Waals surface area (Å²) in [6.45, 7) is 8.66. The molecule has 0 spiro atoms. The van der Waals surface area contributed by atoms with E-state index in [0.717, 1.165) is 31.5 Å². The number of hydrogen-bond donors (Lipinski definition) is 1. The minimum Gasteiger partial charge on any atom is -0.353 e. The van der Waals surface area contributed by atoms with E-state index in [1.54, 1.807) is 12.2 Å². The number of nitrogens with zero attached hydrogens (tertiary/aromatic N) is 2. The first-order chi connectivity index (χ1) is 13.4. The second-order valence-corrected chi connectivity index (χ2v) is 8.01. The number of nitrogens with one attached hydrogen (secondary N) is 1. The maximum Gasteiger partial charge on any atom is 0.243 e. The first-order valence-corrected chi connectivity index (χ1v) is 10.4. The second kappa shape index (κ2) is 11.0. The van der Waals surface area contributed by atoms with Gasteiger partial charge in [-0.15, -0.1) is 0 Å². The van der Waals surface area contributed by atoms with E-state index in [2.05, 4.69) is 31.1 Å². The molecule has 1 heterocycles. The topological polar surface area (TPSA) is 52.7 Å². The van der Waals surface area contributed by atoms with E-state index in [9.17, 15) is 9.59 Å². The minimum atomic E-state index is -0.120. The summed E-state index contributed by atoms with van der Waals surface area (Å²) in [6, 6.07) is 9.12. The lowest BCUT2D eigenvalue weighted by Gasteiger charge is -2.38. The Kier molecular flexibility index (Phi) is 8.71. The first-order valence-electron chi connectivity index (χ1n) is 10.4. The van der Waals surface area contributed by atoms with Gasteiger partial charge in [0.1, 0.15) is 0 Å². The van der Waals surface area contributed by atoms with E-state index in [-0.39, 0.29) is 11.8 Å². The predicted octanol–water partition coefficient (Wildman–Crippen LogP) is 3.24. The molecule has 1 aliphatic rings. The van der Waals surface area contributed by atoms with Gasteiger partial charge >= 0.3 is 0 Å². The Morgan fingerprint density at radius 2 is 1.86 bits per heavy atom. The van der Waals surface area contributed by atoms with Gasteiger partial charge in [0, 0.05) is 44.2 Å². The van der Waals surface area contributed by atoms with Crippen molar-refractivity contribution in [2.75, 3.05) is 26.7 Å². The van der Waals surface area contributed by atoms with E-state index < -0.39 is 0 Å². The fourth-order valence-corrected chi connectivity index (χ4v) is 3.46. The van der Waals surface area contributed by atoms with Crippen molar-refractivity contribution in [1.29, 1.82) is 0 Å². The Labute approximate surface area is 169 Å². The molecule has 0 atom stereocenters. The average Bonchev–Trinajstić information content (AvgIpc) is 2.70. The smallest absolute Gasteiger partial charge is 0.243 e. The average molecular weight is 386 g/mol. The number of piperidine rings is 1. The summed E-state index contributed by atoms with van der Waals surface area (Å²) in [7, 11) is 2.17. The Bertz CT molecular complexity index is 659. The highest BCUT2D eigenvalue weighted by atomic mass is 16.2. The summed E-state index contributed by atoms with van der Waals surface area (Å²) in [5.74, 6) is 0.0839. The standard InChI is InChI=1S/C23H35N3O2/c1-18(2)25(4)21-13-16-26(17-14-21)23(28)6-5-15-24-22(27)12-11-20-9-7-19(3)8-10-20/h7-12,18,21H,5-6,13-17H2,1-4H3,(H,24,27)/b12-11+. The van der Waals surface area contributed by atoms with E-state index in [0.29, 0.717) is 31.5 Å². The molecule has 1 aromatic carbocycles. The predicted molar refractivity (Wildman–Crippen MR) is 115 cm³/mol. The first kappa shape index (κ1) is 22.2. The van der Waals surface area contributed by atoms with Gasteiger partial charge in [0.2, 0.25) is 11.8 Å². The molecule has 0 aliphatic carbocycles. The van der Waals surface area contributed by atoms with Crippen LogP contribution in [0.2, 0.25) is 0 Å². The molecule has 5 nitrogen and oxygen atoms in total. The molecule has 1 aliphatic heterocycles. The van der Waals surface area contributed by atoms with Gasteiger partial charge in [-0.05, 0) is 58.7 Å². The van der Waals surface area contributed by atoms with Crippen molar-refractivity contribution in [3.8, 4) is 0 Å². The fourth-order valence-electron chi connectivity index (χ4n) is 3.46. The lowest BCUT2D eigenvalue weighted by Crippen LogP contribution is -2.47. The van der Waals surface area contributed by atoms with Crippen molar-refractivity contribution in [1.82, 2.24) is 15.1 Å². The molecule has 5 heteroatoms. The molecule has 2 rings (SSSR count). The Morgan fingerprint density at radius 1 is 1.21 bits per heavy atom. The molecule has 1 aromatic rings. The summed E-state index contributed by atoms with van der Waals surface area (Å²) in [5, 5.41) is 2.85. The maximum atomic E-state index is 12.4. The summed E-state index contributed by atoms with van der Waals surface area (Å²) < 4.78 is 0. The van der Waals surface area contributed by atoms with Crippen molar-refractivity contribution >= 4 is 17.9 Å². The molecule has 1 N–H and O–H groups in total.